The number of amides is 1. The molecule has 2 aromatic rings. The topological polar surface area (TPSA) is 98.2 Å². The standard InChI is InChI=1S/C19H23ClN2OS.C2H2O4/c1-4-22(5-2)14-19(23)21(3)17-8-6-7-9-18(17)24-16-12-10-15(20)11-13-16;3-1(4)2(5)6/h6-13H,4-5,14H2,1-3H3;(H,3,4)(H,5,6). The average Bonchev–Trinajstić information content (AvgIpc) is 2.73. The highest BCUT2D eigenvalue weighted by Gasteiger charge is 2.17. The molecule has 0 saturated heterocycles. The number of benzene rings is 2. The molecule has 9 heteroatoms. The molecule has 0 bridgehead atoms. The number of para-hydroxylation sites is 1. The van der Waals surface area contributed by atoms with Crippen molar-refractivity contribution in [1.82, 2.24) is 4.90 Å². The summed E-state index contributed by atoms with van der Waals surface area (Å²) in [6.45, 7) is 6.32. The molecular formula is C21H25ClN2O5S. The van der Waals surface area contributed by atoms with Gasteiger partial charge in [0.15, 0.2) is 0 Å². The molecular weight excluding hydrogens is 428 g/mol. The summed E-state index contributed by atoms with van der Waals surface area (Å²) in [5.74, 6) is -3.55. The summed E-state index contributed by atoms with van der Waals surface area (Å²) in [5.41, 5.74) is 0.926. The van der Waals surface area contributed by atoms with Crippen LogP contribution in [0.15, 0.2) is 58.3 Å². The lowest BCUT2D eigenvalue weighted by Crippen LogP contribution is -2.38. The molecule has 1 amide bonds. The second-order valence-electron chi connectivity index (χ2n) is 6.05. The first-order chi connectivity index (χ1) is 14.2. The number of likely N-dealkylation sites (N-methyl/N-ethyl adjacent to an activating group) is 2. The van der Waals surface area contributed by atoms with Crippen molar-refractivity contribution in [3.8, 4) is 0 Å². The number of carbonyl (C=O) groups is 3. The van der Waals surface area contributed by atoms with Crippen LogP contribution in [0.1, 0.15) is 13.8 Å². The number of hydrogen-bond acceptors (Lipinski definition) is 5. The van der Waals surface area contributed by atoms with Crippen LogP contribution in [0, 0.1) is 0 Å². The molecule has 0 radical (unpaired) electrons. The molecule has 0 fully saturated rings. The Hall–Kier alpha value is -2.55. The molecule has 2 N–H and O–H groups in total. The first-order valence-corrected chi connectivity index (χ1v) is 10.4. The van der Waals surface area contributed by atoms with Gasteiger partial charge in [-0.3, -0.25) is 9.69 Å². The van der Waals surface area contributed by atoms with Gasteiger partial charge in [0.2, 0.25) is 5.91 Å². The Kier molecular flexibility index (Phi) is 11.0. The van der Waals surface area contributed by atoms with E-state index in [1.54, 1.807) is 16.7 Å². The number of carboxylic acids is 2. The van der Waals surface area contributed by atoms with Gasteiger partial charge in [0, 0.05) is 21.9 Å². The third-order valence-electron chi connectivity index (χ3n) is 4.08. The molecule has 0 aliphatic rings. The van der Waals surface area contributed by atoms with E-state index < -0.39 is 11.9 Å². The minimum Gasteiger partial charge on any atom is -0.473 e. The number of hydrogen-bond donors (Lipinski definition) is 2. The van der Waals surface area contributed by atoms with E-state index in [0.29, 0.717) is 6.54 Å². The van der Waals surface area contributed by atoms with Crippen LogP contribution < -0.4 is 4.90 Å². The summed E-state index contributed by atoms with van der Waals surface area (Å²) in [4.78, 5) is 36.8. The Morgan fingerprint density at radius 1 is 0.933 bits per heavy atom. The molecule has 0 aliphatic heterocycles. The van der Waals surface area contributed by atoms with Crippen LogP contribution in [-0.2, 0) is 14.4 Å². The third kappa shape index (κ3) is 8.44. The van der Waals surface area contributed by atoms with Gasteiger partial charge < -0.3 is 15.1 Å². The summed E-state index contributed by atoms with van der Waals surface area (Å²) >= 11 is 7.58. The minimum absolute atomic E-state index is 0.0999. The molecule has 0 aromatic heterocycles. The van der Waals surface area contributed by atoms with E-state index in [1.165, 1.54) is 0 Å². The van der Waals surface area contributed by atoms with Gasteiger partial charge in [0.25, 0.3) is 0 Å². The maximum atomic E-state index is 12.6. The molecule has 0 spiro atoms. The van der Waals surface area contributed by atoms with Crippen LogP contribution in [0.4, 0.5) is 5.69 Å². The quantitative estimate of drug-likeness (QED) is 0.613. The zero-order valence-electron chi connectivity index (χ0n) is 17.0. The summed E-state index contributed by atoms with van der Waals surface area (Å²) in [6, 6.07) is 15.7. The number of nitrogens with zero attached hydrogens (tertiary/aromatic N) is 2. The summed E-state index contributed by atoms with van der Waals surface area (Å²) in [5, 5.41) is 15.5. The average molecular weight is 453 g/mol. The lowest BCUT2D eigenvalue weighted by atomic mass is 10.3. The van der Waals surface area contributed by atoms with Gasteiger partial charge in [-0.1, -0.05) is 49.3 Å². The van der Waals surface area contributed by atoms with Crippen LogP contribution in [0.25, 0.3) is 0 Å². The van der Waals surface area contributed by atoms with Gasteiger partial charge in [-0.15, -0.1) is 0 Å². The molecule has 162 valence electrons. The molecule has 7 nitrogen and oxygen atoms in total. The molecule has 0 aliphatic carbocycles. The van der Waals surface area contributed by atoms with Crippen molar-refractivity contribution >= 4 is 46.9 Å². The van der Waals surface area contributed by atoms with E-state index in [0.717, 1.165) is 33.6 Å². The number of halogens is 1. The van der Waals surface area contributed by atoms with E-state index in [4.69, 9.17) is 31.4 Å². The Labute approximate surface area is 185 Å². The van der Waals surface area contributed by atoms with Crippen molar-refractivity contribution in [3.63, 3.8) is 0 Å². The molecule has 0 atom stereocenters. The van der Waals surface area contributed by atoms with E-state index >= 15 is 0 Å². The summed E-state index contributed by atoms with van der Waals surface area (Å²) in [6.07, 6.45) is 0. The highest BCUT2D eigenvalue weighted by molar-refractivity contribution is 7.99. The van der Waals surface area contributed by atoms with Crippen LogP contribution in [0.3, 0.4) is 0 Å². The predicted molar refractivity (Wildman–Crippen MR) is 118 cm³/mol. The van der Waals surface area contributed by atoms with Crippen LogP contribution in [-0.4, -0.2) is 59.6 Å². The Morgan fingerprint density at radius 2 is 1.47 bits per heavy atom. The van der Waals surface area contributed by atoms with Crippen LogP contribution in [0.2, 0.25) is 5.02 Å². The van der Waals surface area contributed by atoms with Crippen molar-refractivity contribution in [2.45, 2.75) is 23.6 Å². The van der Waals surface area contributed by atoms with E-state index in [2.05, 4.69) is 18.7 Å². The number of carbonyl (C=O) groups excluding carboxylic acids is 1. The Bertz CT molecular complexity index is 845. The van der Waals surface area contributed by atoms with Gasteiger partial charge in [0.1, 0.15) is 0 Å². The number of anilines is 1. The van der Waals surface area contributed by atoms with Gasteiger partial charge >= 0.3 is 11.9 Å². The van der Waals surface area contributed by atoms with Crippen molar-refractivity contribution in [2.24, 2.45) is 0 Å². The molecule has 30 heavy (non-hydrogen) atoms. The fourth-order valence-electron chi connectivity index (χ4n) is 2.33. The number of rotatable bonds is 7. The SMILES string of the molecule is CCN(CC)CC(=O)N(C)c1ccccc1Sc1ccc(Cl)cc1.O=C(O)C(=O)O. The first kappa shape index (κ1) is 25.5. The number of aliphatic carboxylic acids is 2. The van der Waals surface area contributed by atoms with Crippen molar-refractivity contribution in [3.05, 3.63) is 53.6 Å². The molecule has 2 rings (SSSR count). The summed E-state index contributed by atoms with van der Waals surface area (Å²) < 4.78 is 0. The molecule has 0 heterocycles. The smallest absolute Gasteiger partial charge is 0.414 e. The minimum atomic E-state index is -1.82. The second-order valence-corrected chi connectivity index (χ2v) is 7.60. The van der Waals surface area contributed by atoms with Crippen molar-refractivity contribution < 1.29 is 24.6 Å². The highest BCUT2D eigenvalue weighted by Crippen LogP contribution is 2.35. The fourth-order valence-corrected chi connectivity index (χ4v) is 3.44. The van der Waals surface area contributed by atoms with E-state index in [9.17, 15) is 4.79 Å². The van der Waals surface area contributed by atoms with Crippen molar-refractivity contribution in [2.75, 3.05) is 31.6 Å². The van der Waals surface area contributed by atoms with Gasteiger partial charge in [-0.25, -0.2) is 9.59 Å². The number of carboxylic acid groups (broad SMARTS) is 2. The summed E-state index contributed by atoms with van der Waals surface area (Å²) in [7, 11) is 1.84. The van der Waals surface area contributed by atoms with E-state index in [1.807, 2.05) is 55.6 Å². The first-order valence-electron chi connectivity index (χ1n) is 9.17. The van der Waals surface area contributed by atoms with Crippen LogP contribution >= 0.6 is 23.4 Å². The van der Waals surface area contributed by atoms with Gasteiger partial charge in [-0.05, 0) is 49.5 Å². The largest absolute Gasteiger partial charge is 0.473 e. The Morgan fingerprint density at radius 3 is 1.97 bits per heavy atom. The zero-order chi connectivity index (χ0) is 22.7. The van der Waals surface area contributed by atoms with Crippen LogP contribution in [0.5, 0.6) is 0 Å². The highest BCUT2D eigenvalue weighted by atomic mass is 35.5. The molecule has 0 saturated carbocycles. The molecule has 0 unspecified atom stereocenters. The third-order valence-corrected chi connectivity index (χ3v) is 5.40. The lowest BCUT2D eigenvalue weighted by Gasteiger charge is -2.24. The van der Waals surface area contributed by atoms with Crippen molar-refractivity contribution in [1.29, 1.82) is 0 Å². The molecule has 2 aromatic carbocycles. The monoisotopic (exact) mass is 452 g/mol. The lowest BCUT2D eigenvalue weighted by molar-refractivity contribution is -0.159. The maximum Gasteiger partial charge on any atom is 0.414 e. The van der Waals surface area contributed by atoms with Gasteiger partial charge in [-0.2, -0.15) is 0 Å². The normalized spacial score (nSPS) is 10.2. The maximum absolute atomic E-state index is 12.6. The van der Waals surface area contributed by atoms with Gasteiger partial charge in [0.05, 0.1) is 12.2 Å². The predicted octanol–water partition coefficient (Wildman–Crippen LogP) is 3.95. The van der Waals surface area contributed by atoms with E-state index in [-0.39, 0.29) is 5.91 Å². The fraction of sp³-hybridized carbons (Fsp3) is 0.286. The Balaban J connectivity index is 0.000000656. The zero-order valence-corrected chi connectivity index (χ0v) is 18.6. The second kappa shape index (κ2) is 12.9.